The van der Waals surface area contributed by atoms with Crippen LogP contribution in [-0.2, 0) is 4.74 Å². The Bertz CT molecular complexity index is 319. The summed E-state index contributed by atoms with van der Waals surface area (Å²) in [7, 11) is 0. The van der Waals surface area contributed by atoms with Crippen LogP contribution in [-0.4, -0.2) is 35.7 Å². The second-order valence-corrected chi connectivity index (χ2v) is 7.32. The molecule has 1 aliphatic carbocycles. The maximum atomic E-state index is 11.8. The second kappa shape index (κ2) is 4.41. The first kappa shape index (κ1) is 13.7. The van der Waals surface area contributed by atoms with Crippen LogP contribution in [0.15, 0.2) is 0 Å². The minimum atomic E-state index is -0.392. The molecule has 1 spiro atoms. The fraction of sp³-hybridized carbons (Fsp3) is 0.929. The van der Waals surface area contributed by atoms with Crippen molar-refractivity contribution in [2.24, 2.45) is 17.1 Å². The van der Waals surface area contributed by atoms with E-state index in [1.165, 1.54) is 12.8 Å². The third kappa shape index (κ3) is 2.97. The van der Waals surface area contributed by atoms with Crippen LogP contribution in [0.1, 0.15) is 47.0 Å². The maximum absolute atomic E-state index is 11.8. The molecule has 2 N–H and O–H groups in total. The molecule has 1 saturated carbocycles. The highest BCUT2D eigenvalue weighted by atomic mass is 16.6. The zero-order valence-electron chi connectivity index (χ0n) is 12.0. The summed E-state index contributed by atoms with van der Waals surface area (Å²) in [5.74, 6) is 0.769. The number of hydrogen-bond acceptors (Lipinski definition) is 3. The molecule has 1 atom stereocenters. The predicted molar refractivity (Wildman–Crippen MR) is 71.2 cm³/mol. The van der Waals surface area contributed by atoms with Gasteiger partial charge in [0.25, 0.3) is 0 Å². The van der Waals surface area contributed by atoms with Gasteiger partial charge >= 0.3 is 6.09 Å². The molecule has 2 aliphatic rings. The third-order valence-electron chi connectivity index (χ3n) is 3.85. The van der Waals surface area contributed by atoms with Gasteiger partial charge in [0.05, 0.1) is 0 Å². The molecule has 4 nitrogen and oxygen atoms in total. The molecule has 0 radical (unpaired) electrons. The molecular weight excluding hydrogens is 228 g/mol. The van der Waals surface area contributed by atoms with Gasteiger partial charge in [-0.25, -0.2) is 4.79 Å². The SMILES string of the molecule is CC(N)CC1CC2(C1)CN(C(=O)OC(C)(C)C)C2. The number of ether oxygens (including phenoxy) is 1. The monoisotopic (exact) mass is 254 g/mol. The van der Waals surface area contributed by atoms with Crippen LogP contribution in [0, 0.1) is 11.3 Å². The highest BCUT2D eigenvalue weighted by molar-refractivity contribution is 5.69. The molecule has 1 heterocycles. The van der Waals surface area contributed by atoms with Crippen LogP contribution in [0.2, 0.25) is 0 Å². The van der Waals surface area contributed by atoms with Crippen LogP contribution in [0.4, 0.5) is 4.79 Å². The van der Waals surface area contributed by atoms with Gasteiger partial charge in [0, 0.05) is 24.5 Å². The first-order valence-corrected chi connectivity index (χ1v) is 6.93. The fourth-order valence-corrected chi connectivity index (χ4v) is 3.33. The zero-order valence-corrected chi connectivity index (χ0v) is 12.0. The standard InChI is InChI=1S/C14H26N2O2/c1-10(15)5-11-6-14(7-11)8-16(9-14)12(17)18-13(2,3)4/h10-11H,5-9,15H2,1-4H3. The average molecular weight is 254 g/mol. The summed E-state index contributed by atoms with van der Waals surface area (Å²) in [6, 6.07) is 0.300. The third-order valence-corrected chi connectivity index (χ3v) is 3.85. The average Bonchev–Trinajstić information content (AvgIpc) is 2.02. The molecule has 0 bridgehead atoms. The van der Waals surface area contributed by atoms with Crippen molar-refractivity contribution >= 4 is 6.09 Å². The lowest BCUT2D eigenvalue weighted by Crippen LogP contribution is -2.64. The Labute approximate surface area is 110 Å². The summed E-state index contributed by atoms with van der Waals surface area (Å²) in [6.07, 6.45) is 3.42. The van der Waals surface area contributed by atoms with Crippen LogP contribution in [0.5, 0.6) is 0 Å². The van der Waals surface area contributed by atoms with Gasteiger partial charge in [0.15, 0.2) is 0 Å². The normalized spacial score (nSPS) is 24.4. The van der Waals surface area contributed by atoms with Crippen molar-refractivity contribution in [3.63, 3.8) is 0 Å². The van der Waals surface area contributed by atoms with E-state index < -0.39 is 5.60 Å². The van der Waals surface area contributed by atoms with Gasteiger partial charge < -0.3 is 15.4 Å². The van der Waals surface area contributed by atoms with E-state index in [4.69, 9.17) is 10.5 Å². The van der Waals surface area contributed by atoms with Crippen molar-refractivity contribution in [3.05, 3.63) is 0 Å². The van der Waals surface area contributed by atoms with E-state index >= 15 is 0 Å². The predicted octanol–water partition coefficient (Wildman–Crippen LogP) is 2.37. The summed E-state index contributed by atoms with van der Waals surface area (Å²) < 4.78 is 5.36. The molecule has 1 amide bonds. The minimum Gasteiger partial charge on any atom is -0.444 e. The quantitative estimate of drug-likeness (QED) is 0.823. The number of likely N-dealkylation sites (tertiary alicyclic amines) is 1. The first-order valence-electron chi connectivity index (χ1n) is 6.93. The molecule has 104 valence electrons. The molecule has 2 fully saturated rings. The maximum Gasteiger partial charge on any atom is 0.410 e. The highest BCUT2D eigenvalue weighted by Gasteiger charge is 2.54. The Morgan fingerprint density at radius 3 is 2.44 bits per heavy atom. The lowest BCUT2D eigenvalue weighted by atomic mass is 9.56. The molecule has 0 aromatic heterocycles. The van der Waals surface area contributed by atoms with Crippen molar-refractivity contribution in [2.45, 2.75) is 58.6 Å². The summed E-state index contributed by atoms with van der Waals surface area (Å²) in [6.45, 7) is 9.53. The molecule has 18 heavy (non-hydrogen) atoms. The van der Waals surface area contributed by atoms with Gasteiger partial charge in [-0.15, -0.1) is 0 Å². The van der Waals surface area contributed by atoms with Crippen molar-refractivity contribution in [2.75, 3.05) is 13.1 Å². The van der Waals surface area contributed by atoms with E-state index in [9.17, 15) is 4.79 Å². The number of carbonyl (C=O) groups is 1. The summed E-state index contributed by atoms with van der Waals surface area (Å²) in [5, 5.41) is 0. The lowest BCUT2D eigenvalue weighted by Gasteiger charge is -2.59. The summed E-state index contributed by atoms with van der Waals surface area (Å²) in [5.41, 5.74) is 5.82. The first-order chi connectivity index (χ1) is 8.19. The van der Waals surface area contributed by atoms with Gasteiger partial charge in [-0.05, 0) is 52.9 Å². The van der Waals surface area contributed by atoms with Gasteiger partial charge in [-0.3, -0.25) is 0 Å². The van der Waals surface area contributed by atoms with Gasteiger partial charge in [0.1, 0.15) is 5.60 Å². The van der Waals surface area contributed by atoms with E-state index in [1.807, 2.05) is 25.7 Å². The number of nitrogens with two attached hydrogens (primary N) is 1. The summed E-state index contributed by atoms with van der Waals surface area (Å²) in [4.78, 5) is 13.6. The van der Waals surface area contributed by atoms with Crippen LogP contribution < -0.4 is 5.73 Å². The van der Waals surface area contributed by atoms with Gasteiger partial charge in [0.2, 0.25) is 0 Å². The van der Waals surface area contributed by atoms with Crippen molar-refractivity contribution in [1.82, 2.24) is 4.90 Å². The van der Waals surface area contributed by atoms with E-state index in [0.717, 1.165) is 25.4 Å². The van der Waals surface area contributed by atoms with Crippen molar-refractivity contribution in [1.29, 1.82) is 0 Å². The number of rotatable bonds is 2. The zero-order chi connectivity index (χ0) is 13.6. The van der Waals surface area contributed by atoms with Gasteiger partial charge in [-0.1, -0.05) is 0 Å². The lowest BCUT2D eigenvalue weighted by molar-refractivity contribution is -0.0973. The van der Waals surface area contributed by atoms with Crippen LogP contribution in [0.3, 0.4) is 0 Å². The number of carbonyl (C=O) groups excluding carboxylic acids is 1. The molecule has 2 rings (SSSR count). The Morgan fingerprint density at radius 1 is 1.44 bits per heavy atom. The summed E-state index contributed by atoms with van der Waals surface area (Å²) >= 11 is 0. The Kier molecular flexibility index (Phi) is 3.34. The van der Waals surface area contributed by atoms with Crippen LogP contribution in [0.25, 0.3) is 0 Å². The fourth-order valence-electron chi connectivity index (χ4n) is 3.33. The number of amides is 1. The van der Waals surface area contributed by atoms with Gasteiger partial charge in [-0.2, -0.15) is 0 Å². The molecule has 1 aliphatic heterocycles. The molecular formula is C14H26N2O2. The van der Waals surface area contributed by atoms with E-state index in [0.29, 0.717) is 11.5 Å². The minimum absolute atomic E-state index is 0.163. The Balaban J connectivity index is 1.71. The number of hydrogen-bond donors (Lipinski definition) is 1. The van der Waals surface area contributed by atoms with E-state index in [-0.39, 0.29) is 6.09 Å². The number of nitrogens with zero attached hydrogens (tertiary/aromatic N) is 1. The molecule has 4 heteroatoms. The highest BCUT2D eigenvalue weighted by Crippen LogP contribution is 2.53. The largest absolute Gasteiger partial charge is 0.444 e. The van der Waals surface area contributed by atoms with E-state index in [1.54, 1.807) is 0 Å². The Morgan fingerprint density at radius 2 is 2.00 bits per heavy atom. The molecule has 1 unspecified atom stereocenters. The smallest absolute Gasteiger partial charge is 0.410 e. The molecule has 0 aromatic carbocycles. The van der Waals surface area contributed by atoms with Crippen LogP contribution >= 0.6 is 0 Å². The van der Waals surface area contributed by atoms with E-state index in [2.05, 4.69) is 6.92 Å². The molecule has 1 saturated heterocycles. The molecule has 0 aromatic rings. The Hall–Kier alpha value is -0.770. The second-order valence-electron chi connectivity index (χ2n) is 7.32. The topological polar surface area (TPSA) is 55.6 Å². The van der Waals surface area contributed by atoms with Crippen molar-refractivity contribution in [3.8, 4) is 0 Å². The van der Waals surface area contributed by atoms with Crippen molar-refractivity contribution < 1.29 is 9.53 Å².